The summed E-state index contributed by atoms with van der Waals surface area (Å²) in [5.41, 5.74) is 23.5. The molecule has 24 rings (SSSR count). The molecular weight excluding hydrogens is 1770 g/mol. The highest BCUT2D eigenvalue weighted by molar-refractivity contribution is 7.92. The Labute approximate surface area is 793 Å². The van der Waals surface area contributed by atoms with Gasteiger partial charge in [-0.1, -0.05) is 287 Å². The first-order chi connectivity index (χ1) is 64.7. The summed E-state index contributed by atoms with van der Waals surface area (Å²) in [7, 11) is -17.6. The molecule has 0 saturated heterocycles. The van der Waals surface area contributed by atoms with Crippen LogP contribution in [0.1, 0.15) is 74.9 Å². The van der Waals surface area contributed by atoms with Gasteiger partial charge in [0.1, 0.15) is 58.7 Å². The molecule has 0 saturated carbocycles. The molecule has 17 aromatic rings. The molecular formula is C117H99N3O9S3Si3. The maximum absolute atomic E-state index is 13.5. The molecule has 0 radical (unpaired) electrons. The number of hydrogen-bond donors (Lipinski definition) is 0. The summed E-state index contributed by atoms with van der Waals surface area (Å²) < 4.78 is 99.3. The fourth-order valence-electron chi connectivity index (χ4n) is 21.7. The summed E-state index contributed by atoms with van der Waals surface area (Å²) in [6, 6.07) is 127. The van der Waals surface area contributed by atoms with Crippen molar-refractivity contribution in [1.82, 2.24) is 0 Å². The quantitative estimate of drug-likeness (QED) is 0.127. The number of rotatable bonds is 9. The average Bonchev–Trinajstić information content (AvgIpc) is 0.846. The highest BCUT2D eigenvalue weighted by atomic mass is 32.2. The van der Waals surface area contributed by atoms with Crippen LogP contribution in [0.15, 0.2) is 412 Å². The highest BCUT2D eigenvalue weighted by Crippen LogP contribution is 2.57. The lowest BCUT2D eigenvalue weighted by molar-refractivity contribution is 0.486. The van der Waals surface area contributed by atoms with Gasteiger partial charge in [-0.2, -0.15) is 0 Å². The molecule has 0 amide bonds. The molecule has 135 heavy (non-hydrogen) atoms. The number of anilines is 9. The van der Waals surface area contributed by atoms with Crippen LogP contribution in [0.4, 0.5) is 51.2 Å². The summed E-state index contributed by atoms with van der Waals surface area (Å²) in [4.78, 5) is 9.10. The predicted molar refractivity (Wildman–Crippen MR) is 555 cm³/mol. The summed E-state index contributed by atoms with van der Waals surface area (Å²) >= 11 is 0. The topological polar surface area (TPSA) is 140 Å². The molecule has 7 aliphatic rings. The second kappa shape index (κ2) is 31.6. The van der Waals surface area contributed by atoms with Crippen molar-refractivity contribution in [1.29, 1.82) is 0 Å². The van der Waals surface area contributed by atoms with Crippen LogP contribution < -0.4 is 60.0 Å². The summed E-state index contributed by atoms with van der Waals surface area (Å²) in [6.45, 7) is 27.9. The van der Waals surface area contributed by atoms with Crippen LogP contribution in [0, 0.1) is 0 Å². The van der Waals surface area contributed by atoms with Crippen molar-refractivity contribution < 1.29 is 39.5 Å². The first-order valence-corrected chi connectivity index (χ1v) is 59.3. The van der Waals surface area contributed by atoms with Gasteiger partial charge in [0.05, 0.1) is 63.5 Å². The van der Waals surface area contributed by atoms with Gasteiger partial charge in [-0.15, -0.1) is 0 Å². The van der Waals surface area contributed by atoms with E-state index in [4.69, 9.17) is 14.2 Å². The molecule has 17 aromatic carbocycles. The number of nitrogens with zero attached hydrogens (tertiary/aromatic N) is 3. The van der Waals surface area contributed by atoms with Crippen molar-refractivity contribution in [2.24, 2.45) is 0 Å². The normalized spacial score (nSPS) is 16.1. The average molecular weight is 1870 g/mol. The van der Waals surface area contributed by atoms with Crippen LogP contribution in [-0.2, 0) is 45.8 Å². The van der Waals surface area contributed by atoms with E-state index in [1.54, 1.807) is 84.9 Å². The summed E-state index contributed by atoms with van der Waals surface area (Å²) in [6.07, 6.45) is 0. The van der Waals surface area contributed by atoms with Crippen LogP contribution in [0.25, 0.3) is 33.4 Å². The van der Waals surface area contributed by atoms with Crippen LogP contribution >= 0.6 is 0 Å². The van der Waals surface area contributed by atoms with E-state index in [0.29, 0.717) is 24.5 Å². The Bertz CT molecular complexity index is 8020. The van der Waals surface area contributed by atoms with Gasteiger partial charge in [0, 0.05) is 44.4 Å². The molecule has 0 bridgehead atoms. The first kappa shape index (κ1) is 86.4. The number of fused-ring (bicyclic) bond motifs is 15. The van der Waals surface area contributed by atoms with Crippen LogP contribution in [-0.4, -0.2) is 49.5 Å². The Hall–Kier alpha value is -14.0. The molecule has 0 unspecified atom stereocenters. The van der Waals surface area contributed by atoms with E-state index in [9.17, 15) is 25.3 Å². The Balaban J connectivity index is 0.000000118. The number of benzene rings is 17. The van der Waals surface area contributed by atoms with E-state index in [1.165, 1.54) is 88.3 Å². The van der Waals surface area contributed by atoms with Gasteiger partial charge in [-0.25, -0.2) is 25.3 Å². The number of ether oxygens (including phenoxy) is 3. The lowest BCUT2D eigenvalue weighted by atomic mass is 9.73. The summed E-state index contributed by atoms with van der Waals surface area (Å²) in [5, 5.41) is 7.10. The van der Waals surface area contributed by atoms with E-state index < -0.39 is 53.7 Å². The third-order valence-corrected chi connectivity index (χ3v) is 45.0. The predicted octanol–water partition coefficient (Wildman–Crippen LogP) is 26.0. The zero-order chi connectivity index (χ0) is 93.4. The maximum Gasteiger partial charge on any atom is 0.207 e. The van der Waals surface area contributed by atoms with Gasteiger partial charge >= 0.3 is 0 Å². The van der Waals surface area contributed by atoms with E-state index in [-0.39, 0.29) is 21.1 Å². The molecule has 7 aliphatic heterocycles. The number of hydrogen-bond acceptors (Lipinski definition) is 12. The van der Waals surface area contributed by atoms with Crippen molar-refractivity contribution >= 4 is 136 Å². The van der Waals surface area contributed by atoms with Gasteiger partial charge in [-0.3, -0.25) is 0 Å². The molecule has 0 aromatic heterocycles. The molecule has 0 spiro atoms. The minimum atomic E-state index is -3.64. The minimum Gasteiger partial charge on any atom is -0.458 e. The standard InChI is InChI=1S/C41H33NO3SSi.C41H35NO3SSi.C35H31NO3SSi/c1-41(2)31-12-6-8-14-33(31)42(34-15-9-7-13-32(34)41)28-19-21-36-40(25-28)47(3,4)39-24-27(17-20-35(39)45-36)26-18-22-38-30(23-26)29-11-5-10-16-37(29)46(38,43)44;1-41(2)33-14-8-10-16-35(33)42(36-17-11-9-15-34(36)41)30-21-25-38-40(27-30)47(3,4)39-26-29(20-24-37(39)45-38)28-18-22-32(23-19-28)46(43,44)31-12-6-5-7-13-31;1-35(2)27-14-8-10-16-29(27)36(30-17-11-9-15-28(30)35)24-18-20-31-33(22-24)41(3,4)34-23-26(19-21-32(34)39-31)40(37,38)25-12-6-5-7-13-25/h5-25H,1-4H3;5-27H,1-4H3;5-23H,1-4H3. The highest BCUT2D eigenvalue weighted by Gasteiger charge is 2.46. The SMILES string of the molecule is CC1(C)c2ccccc2N(c2ccc3c(c2)[Si](C)(C)c2cc(-c4ccc(S(=O)(=O)c5ccccc5)cc4)ccc2O3)c2ccccc21.CC1(C)c2ccccc2N(c2ccc3c(c2)[Si](C)(C)c2cc(-c4ccc5c(c4)-c4ccccc4S5(=O)=O)ccc2O3)c2ccccc21.CC1(C)c2ccccc2N(c2ccc3c(c2)[Si](C)(C)c2cc(S(=O)(=O)c4ccccc4)ccc2O3)c2ccccc21. The van der Waals surface area contributed by atoms with Gasteiger partial charge in [0.2, 0.25) is 29.5 Å². The van der Waals surface area contributed by atoms with Crippen molar-refractivity contribution in [3.8, 4) is 67.9 Å². The first-order valence-electron chi connectivity index (χ1n) is 45.8. The van der Waals surface area contributed by atoms with Crippen molar-refractivity contribution in [2.45, 2.75) is 126 Å². The largest absolute Gasteiger partial charge is 0.458 e. The molecule has 0 aliphatic carbocycles. The van der Waals surface area contributed by atoms with E-state index in [2.05, 4.69) is 332 Å². The van der Waals surface area contributed by atoms with Crippen molar-refractivity contribution in [3.05, 3.63) is 416 Å². The third kappa shape index (κ3) is 13.8. The zero-order valence-corrected chi connectivity index (χ0v) is 82.6. The fourth-order valence-corrected chi connectivity index (χ4v) is 34.5. The van der Waals surface area contributed by atoms with Crippen molar-refractivity contribution in [3.63, 3.8) is 0 Å². The summed E-state index contributed by atoms with van der Waals surface area (Å²) in [5.74, 6) is 5.21. The van der Waals surface area contributed by atoms with E-state index in [1.807, 2.05) is 60.7 Å². The number of sulfone groups is 3. The van der Waals surface area contributed by atoms with Crippen LogP contribution in [0.3, 0.4) is 0 Å². The monoisotopic (exact) mass is 1870 g/mol. The Morgan fingerprint density at radius 1 is 0.237 bits per heavy atom. The van der Waals surface area contributed by atoms with Gasteiger partial charge in [0.15, 0.2) is 0 Å². The fraction of sp³-hybridized carbons (Fsp3) is 0.128. The molecule has 666 valence electrons. The Kier molecular flexibility index (Phi) is 20.2. The second-order valence-corrected chi connectivity index (χ2v) is 57.9. The Morgan fingerprint density at radius 3 is 0.859 bits per heavy atom. The molecule has 12 nitrogen and oxygen atoms in total. The third-order valence-electron chi connectivity index (χ3n) is 29.2. The van der Waals surface area contributed by atoms with Gasteiger partial charge < -0.3 is 28.9 Å². The number of para-hydroxylation sites is 6. The van der Waals surface area contributed by atoms with Crippen LogP contribution in [0.5, 0.6) is 34.5 Å². The maximum atomic E-state index is 13.5. The van der Waals surface area contributed by atoms with E-state index in [0.717, 1.165) is 95.3 Å². The van der Waals surface area contributed by atoms with E-state index >= 15 is 0 Å². The molecule has 0 N–H and O–H groups in total. The molecule has 0 atom stereocenters. The van der Waals surface area contributed by atoms with Crippen LogP contribution in [0.2, 0.25) is 39.3 Å². The Morgan fingerprint density at radius 2 is 0.489 bits per heavy atom. The molecule has 18 heteroatoms. The second-order valence-electron chi connectivity index (χ2n) is 39.2. The van der Waals surface area contributed by atoms with Crippen molar-refractivity contribution in [2.75, 3.05) is 14.7 Å². The smallest absolute Gasteiger partial charge is 0.207 e. The molecule has 0 fully saturated rings. The van der Waals surface area contributed by atoms with Gasteiger partial charge in [0.25, 0.3) is 0 Å². The minimum absolute atomic E-state index is 0.117. The molecule has 7 heterocycles. The van der Waals surface area contributed by atoms with Gasteiger partial charge in [-0.05, 0) is 263 Å². The lowest BCUT2D eigenvalue weighted by Gasteiger charge is -2.42. The lowest BCUT2D eigenvalue weighted by Crippen LogP contribution is -2.56. The zero-order valence-electron chi connectivity index (χ0n) is 77.1.